The van der Waals surface area contributed by atoms with Gasteiger partial charge in [-0.25, -0.2) is 0 Å². The largest absolute Gasteiger partial charge is 0.466 e. The zero-order valence-corrected chi connectivity index (χ0v) is 10.5. The number of esters is 1. The van der Waals surface area contributed by atoms with Crippen LogP contribution in [-0.2, 0) is 9.53 Å². The van der Waals surface area contributed by atoms with Crippen LogP contribution in [0.25, 0.3) is 10.8 Å². The van der Waals surface area contributed by atoms with Gasteiger partial charge in [-0.15, -0.1) is 0 Å². The fraction of sp³-hybridized carbons (Fsp3) is 0.267. The highest BCUT2D eigenvalue weighted by molar-refractivity contribution is 5.93. The van der Waals surface area contributed by atoms with Crippen LogP contribution in [0.1, 0.15) is 13.3 Å². The predicted molar refractivity (Wildman–Crippen MR) is 73.7 cm³/mol. The van der Waals surface area contributed by atoms with Gasteiger partial charge in [-0.3, -0.25) is 4.79 Å². The normalized spacial score (nSPS) is 10.3. The van der Waals surface area contributed by atoms with E-state index in [0.29, 0.717) is 19.6 Å². The maximum absolute atomic E-state index is 11.2. The van der Waals surface area contributed by atoms with Crippen molar-refractivity contribution in [2.75, 3.05) is 18.5 Å². The van der Waals surface area contributed by atoms with Crippen molar-refractivity contribution in [3.8, 4) is 0 Å². The molecule has 0 atom stereocenters. The van der Waals surface area contributed by atoms with Crippen molar-refractivity contribution in [1.29, 1.82) is 0 Å². The molecule has 0 saturated carbocycles. The van der Waals surface area contributed by atoms with Crippen molar-refractivity contribution in [3.05, 3.63) is 42.5 Å². The quantitative estimate of drug-likeness (QED) is 0.819. The number of benzene rings is 2. The summed E-state index contributed by atoms with van der Waals surface area (Å²) < 4.78 is 4.89. The van der Waals surface area contributed by atoms with Gasteiger partial charge in [0.05, 0.1) is 13.0 Å². The second kappa shape index (κ2) is 6.05. The van der Waals surface area contributed by atoms with Gasteiger partial charge in [-0.2, -0.15) is 0 Å². The van der Waals surface area contributed by atoms with Crippen molar-refractivity contribution in [2.45, 2.75) is 13.3 Å². The Morgan fingerprint density at radius 3 is 2.78 bits per heavy atom. The third-order valence-corrected chi connectivity index (χ3v) is 2.74. The summed E-state index contributed by atoms with van der Waals surface area (Å²) in [6.45, 7) is 2.84. The Kier molecular flexibility index (Phi) is 4.18. The summed E-state index contributed by atoms with van der Waals surface area (Å²) in [6, 6.07) is 14.3. The average Bonchev–Trinajstić information content (AvgIpc) is 2.39. The maximum Gasteiger partial charge on any atom is 0.307 e. The fourth-order valence-electron chi connectivity index (χ4n) is 1.91. The van der Waals surface area contributed by atoms with Gasteiger partial charge >= 0.3 is 5.97 Å². The van der Waals surface area contributed by atoms with Crippen LogP contribution in [0.4, 0.5) is 5.69 Å². The van der Waals surface area contributed by atoms with E-state index in [2.05, 4.69) is 23.5 Å². The molecule has 0 aliphatic carbocycles. The van der Waals surface area contributed by atoms with Gasteiger partial charge in [0.2, 0.25) is 0 Å². The summed E-state index contributed by atoms with van der Waals surface area (Å²) in [5, 5.41) is 5.64. The smallest absolute Gasteiger partial charge is 0.307 e. The number of nitrogens with one attached hydrogen (secondary N) is 1. The summed E-state index contributed by atoms with van der Waals surface area (Å²) in [4.78, 5) is 11.2. The van der Waals surface area contributed by atoms with Crippen LogP contribution < -0.4 is 5.32 Å². The minimum absolute atomic E-state index is 0.162. The first kappa shape index (κ1) is 12.4. The van der Waals surface area contributed by atoms with Crippen molar-refractivity contribution in [1.82, 2.24) is 0 Å². The SMILES string of the molecule is CCOC(=O)CCNc1cccc2ccccc12. The number of ether oxygens (including phenoxy) is 1. The lowest BCUT2D eigenvalue weighted by Gasteiger charge is -2.09. The van der Waals surface area contributed by atoms with Gasteiger partial charge in [-0.05, 0) is 18.4 Å². The highest BCUT2D eigenvalue weighted by Crippen LogP contribution is 2.22. The number of anilines is 1. The summed E-state index contributed by atoms with van der Waals surface area (Å²) in [7, 11) is 0. The van der Waals surface area contributed by atoms with Gasteiger partial charge < -0.3 is 10.1 Å². The van der Waals surface area contributed by atoms with E-state index in [9.17, 15) is 4.79 Å². The molecule has 2 aromatic carbocycles. The molecule has 0 unspecified atom stereocenters. The first-order chi connectivity index (χ1) is 8.81. The van der Waals surface area contributed by atoms with Crippen LogP contribution >= 0.6 is 0 Å². The van der Waals surface area contributed by atoms with E-state index in [1.807, 2.05) is 31.2 Å². The van der Waals surface area contributed by atoms with Crippen molar-refractivity contribution < 1.29 is 9.53 Å². The van der Waals surface area contributed by atoms with Crippen LogP contribution in [0.5, 0.6) is 0 Å². The van der Waals surface area contributed by atoms with E-state index < -0.39 is 0 Å². The third kappa shape index (κ3) is 3.00. The van der Waals surface area contributed by atoms with E-state index in [1.165, 1.54) is 10.8 Å². The molecule has 0 saturated heterocycles. The molecule has 94 valence electrons. The fourth-order valence-corrected chi connectivity index (χ4v) is 1.91. The molecule has 0 bridgehead atoms. The molecule has 18 heavy (non-hydrogen) atoms. The molecule has 1 N–H and O–H groups in total. The highest BCUT2D eigenvalue weighted by Gasteiger charge is 2.02. The van der Waals surface area contributed by atoms with Gasteiger partial charge in [0.25, 0.3) is 0 Å². The average molecular weight is 243 g/mol. The number of carbonyl (C=O) groups excluding carboxylic acids is 1. The first-order valence-corrected chi connectivity index (χ1v) is 6.18. The van der Waals surface area contributed by atoms with Gasteiger partial charge in [-0.1, -0.05) is 36.4 Å². The minimum Gasteiger partial charge on any atom is -0.466 e. The maximum atomic E-state index is 11.2. The number of rotatable bonds is 5. The molecule has 2 aromatic rings. The predicted octanol–water partition coefficient (Wildman–Crippen LogP) is 3.20. The summed E-state index contributed by atoms with van der Waals surface area (Å²) in [5.41, 5.74) is 1.05. The molecular weight excluding hydrogens is 226 g/mol. The van der Waals surface area contributed by atoms with Crippen molar-refractivity contribution in [3.63, 3.8) is 0 Å². The van der Waals surface area contributed by atoms with E-state index >= 15 is 0 Å². The van der Waals surface area contributed by atoms with Crippen LogP contribution in [-0.4, -0.2) is 19.1 Å². The molecule has 0 aliphatic heterocycles. The second-order valence-corrected chi connectivity index (χ2v) is 4.01. The van der Waals surface area contributed by atoms with Crippen molar-refractivity contribution in [2.24, 2.45) is 0 Å². The van der Waals surface area contributed by atoms with E-state index in [-0.39, 0.29) is 5.97 Å². The molecule has 0 heterocycles. The summed E-state index contributed by atoms with van der Waals surface area (Å²) >= 11 is 0. The first-order valence-electron chi connectivity index (χ1n) is 6.18. The lowest BCUT2D eigenvalue weighted by molar-refractivity contribution is -0.142. The van der Waals surface area contributed by atoms with Gasteiger partial charge in [0.15, 0.2) is 0 Å². The Morgan fingerprint density at radius 2 is 1.94 bits per heavy atom. The molecule has 0 spiro atoms. The third-order valence-electron chi connectivity index (χ3n) is 2.74. The summed E-state index contributed by atoms with van der Waals surface area (Å²) in [5.74, 6) is -0.162. The molecule has 0 radical (unpaired) electrons. The van der Waals surface area contributed by atoms with Crippen LogP contribution in [0, 0.1) is 0 Å². The van der Waals surface area contributed by atoms with Gasteiger partial charge in [0, 0.05) is 17.6 Å². The number of hydrogen-bond donors (Lipinski definition) is 1. The standard InChI is InChI=1S/C15H17NO2/c1-2-18-15(17)10-11-16-14-9-5-7-12-6-3-4-8-13(12)14/h3-9,16H,2,10-11H2,1H3. The lowest BCUT2D eigenvalue weighted by atomic mass is 10.1. The highest BCUT2D eigenvalue weighted by atomic mass is 16.5. The Morgan fingerprint density at radius 1 is 1.17 bits per heavy atom. The minimum atomic E-state index is -0.162. The summed E-state index contributed by atoms with van der Waals surface area (Å²) in [6.07, 6.45) is 0.386. The Bertz CT molecular complexity index is 532. The van der Waals surface area contributed by atoms with E-state index in [0.717, 1.165) is 5.69 Å². The molecule has 3 nitrogen and oxygen atoms in total. The van der Waals surface area contributed by atoms with Crippen molar-refractivity contribution >= 4 is 22.4 Å². The molecule has 0 fully saturated rings. The monoisotopic (exact) mass is 243 g/mol. The van der Waals surface area contributed by atoms with Crippen LogP contribution in [0.2, 0.25) is 0 Å². The van der Waals surface area contributed by atoms with E-state index in [4.69, 9.17) is 4.74 Å². The molecular formula is C15H17NO2. The molecule has 0 aliphatic rings. The van der Waals surface area contributed by atoms with Crippen LogP contribution in [0.3, 0.4) is 0 Å². The topological polar surface area (TPSA) is 38.3 Å². The Labute approximate surface area is 107 Å². The number of hydrogen-bond acceptors (Lipinski definition) is 3. The lowest BCUT2D eigenvalue weighted by Crippen LogP contribution is -2.11. The van der Waals surface area contributed by atoms with Gasteiger partial charge in [0.1, 0.15) is 0 Å². The Balaban J connectivity index is 2.01. The zero-order valence-electron chi connectivity index (χ0n) is 10.5. The van der Waals surface area contributed by atoms with Crippen LogP contribution in [0.15, 0.2) is 42.5 Å². The van der Waals surface area contributed by atoms with E-state index in [1.54, 1.807) is 0 Å². The molecule has 0 aromatic heterocycles. The number of carbonyl (C=O) groups is 1. The second-order valence-electron chi connectivity index (χ2n) is 4.01. The molecule has 2 rings (SSSR count). The number of fused-ring (bicyclic) bond motifs is 1. The zero-order chi connectivity index (χ0) is 12.8. The Hall–Kier alpha value is -2.03. The molecule has 3 heteroatoms. The molecule has 0 amide bonds.